The second-order valence-corrected chi connectivity index (χ2v) is 7.45. The summed E-state index contributed by atoms with van der Waals surface area (Å²) in [6, 6.07) is 10.7. The number of esters is 1. The van der Waals surface area contributed by atoms with Gasteiger partial charge in [0.1, 0.15) is 0 Å². The van der Waals surface area contributed by atoms with Gasteiger partial charge in [0.25, 0.3) is 5.91 Å². The molecule has 0 spiro atoms. The Bertz CT molecular complexity index is 984. The fraction of sp³-hybridized carbons (Fsp3) is 0.375. The van der Waals surface area contributed by atoms with Crippen molar-refractivity contribution in [3.8, 4) is 11.5 Å². The standard InChI is InChI=1S/C24H27NO6/c1-15(24(28)25-19-9-11-21(29-2)22(14-19)30-3)31-23(27)12-10-20(26)18-8-7-16-5-4-6-17(16)13-18/h7-9,11,13-15H,4-6,10,12H2,1-3H3,(H,25,28)/t15-/m1/s1. The monoisotopic (exact) mass is 425 g/mol. The van der Waals surface area contributed by atoms with Gasteiger partial charge in [-0.1, -0.05) is 12.1 Å². The van der Waals surface area contributed by atoms with E-state index in [0.717, 1.165) is 19.3 Å². The third-order valence-electron chi connectivity index (χ3n) is 5.31. The molecule has 0 saturated heterocycles. The number of Topliss-reactive ketones (excluding diaryl/α,β-unsaturated/α-hetero) is 1. The molecule has 0 bridgehead atoms. The van der Waals surface area contributed by atoms with E-state index in [1.54, 1.807) is 18.2 Å². The first-order chi connectivity index (χ1) is 14.9. The van der Waals surface area contributed by atoms with Gasteiger partial charge in [-0.2, -0.15) is 0 Å². The van der Waals surface area contributed by atoms with Crippen molar-refractivity contribution in [2.45, 2.75) is 45.1 Å². The van der Waals surface area contributed by atoms with Crippen molar-refractivity contribution in [1.82, 2.24) is 0 Å². The van der Waals surface area contributed by atoms with E-state index in [-0.39, 0.29) is 18.6 Å². The maximum Gasteiger partial charge on any atom is 0.307 e. The molecule has 3 rings (SSSR count). The molecule has 0 heterocycles. The Morgan fingerprint density at radius 1 is 0.935 bits per heavy atom. The zero-order chi connectivity index (χ0) is 22.4. The fourth-order valence-electron chi connectivity index (χ4n) is 3.57. The molecule has 1 amide bonds. The molecule has 164 valence electrons. The summed E-state index contributed by atoms with van der Waals surface area (Å²) in [5.41, 5.74) is 3.61. The number of methoxy groups -OCH3 is 2. The van der Waals surface area contributed by atoms with Gasteiger partial charge >= 0.3 is 5.97 Å². The number of anilines is 1. The molecule has 0 radical (unpaired) electrons. The minimum absolute atomic E-state index is 0.0433. The van der Waals surface area contributed by atoms with Crippen LogP contribution in [0.25, 0.3) is 0 Å². The maximum absolute atomic E-state index is 12.4. The normalized spacial score (nSPS) is 13.1. The molecular formula is C24H27NO6. The molecule has 1 aliphatic rings. The summed E-state index contributed by atoms with van der Waals surface area (Å²) >= 11 is 0. The molecule has 0 aliphatic heterocycles. The zero-order valence-electron chi connectivity index (χ0n) is 18.0. The summed E-state index contributed by atoms with van der Waals surface area (Å²) < 4.78 is 15.6. The Morgan fingerprint density at radius 3 is 2.42 bits per heavy atom. The molecule has 1 N–H and O–H groups in total. The van der Waals surface area contributed by atoms with Crippen LogP contribution in [0.4, 0.5) is 5.69 Å². The van der Waals surface area contributed by atoms with Gasteiger partial charge in [-0.15, -0.1) is 0 Å². The molecule has 7 nitrogen and oxygen atoms in total. The van der Waals surface area contributed by atoms with E-state index in [1.807, 2.05) is 18.2 Å². The molecule has 31 heavy (non-hydrogen) atoms. The van der Waals surface area contributed by atoms with Crippen LogP contribution in [0.3, 0.4) is 0 Å². The van der Waals surface area contributed by atoms with Gasteiger partial charge in [-0.05, 0) is 55.5 Å². The van der Waals surface area contributed by atoms with Crippen molar-refractivity contribution in [2.75, 3.05) is 19.5 Å². The second-order valence-electron chi connectivity index (χ2n) is 7.45. The number of rotatable bonds is 9. The number of hydrogen-bond acceptors (Lipinski definition) is 6. The molecule has 1 atom stereocenters. The van der Waals surface area contributed by atoms with Crippen LogP contribution in [-0.2, 0) is 27.2 Å². The van der Waals surface area contributed by atoms with Crippen molar-refractivity contribution in [3.63, 3.8) is 0 Å². The average molecular weight is 425 g/mol. The minimum Gasteiger partial charge on any atom is -0.493 e. The Labute approximate surface area is 181 Å². The predicted molar refractivity (Wildman–Crippen MR) is 116 cm³/mol. The van der Waals surface area contributed by atoms with E-state index < -0.39 is 18.0 Å². The average Bonchev–Trinajstić information content (AvgIpc) is 3.25. The number of nitrogens with one attached hydrogen (secondary N) is 1. The highest BCUT2D eigenvalue weighted by atomic mass is 16.5. The van der Waals surface area contributed by atoms with E-state index in [9.17, 15) is 14.4 Å². The highest BCUT2D eigenvalue weighted by molar-refractivity contribution is 5.98. The predicted octanol–water partition coefficient (Wildman–Crippen LogP) is 3.73. The first kappa shape index (κ1) is 22.3. The van der Waals surface area contributed by atoms with E-state index in [1.165, 1.54) is 32.3 Å². The van der Waals surface area contributed by atoms with Crippen molar-refractivity contribution in [2.24, 2.45) is 0 Å². The van der Waals surface area contributed by atoms with E-state index in [0.29, 0.717) is 22.7 Å². The van der Waals surface area contributed by atoms with E-state index in [2.05, 4.69) is 5.32 Å². The van der Waals surface area contributed by atoms with Crippen LogP contribution >= 0.6 is 0 Å². The van der Waals surface area contributed by atoms with Gasteiger partial charge in [0, 0.05) is 23.7 Å². The Balaban J connectivity index is 1.48. The van der Waals surface area contributed by atoms with Gasteiger partial charge in [0.15, 0.2) is 23.4 Å². The Kier molecular flexibility index (Phi) is 7.28. The first-order valence-corrected chi connectivity index (χ1v) is 10.3. The van der Waals surface area contributed by atoms with Gasteiger partial charge in [-0.3, -0.25) is 14.4 Å². The fourth-order valence-corrected chi connectivity index (χ4v) is 3.57. The maximum atomic E-state index is 12.4. The van der Waals surface area contributed by atoms with E-state index in [4.69, 9.17) is 14.2 Å². The highest BCUT2D eigenvalue weighted by Crippen LogP contribution is 2.29. The number of ether oxygens (including phenoxy) is 3. The smallest absolute Gasteiger partial charge is 0.307 e. The molecular weight excluding hydrogens is 398 g/mol. The molecule has 2 aromatic rings. The van der Waals surface area contributed by atoms with Crippen molar-refractivity contribution >= 4 is 23.3 Å². The van der Waals surface area contributed by atoms with Crippen LogP contribution in [0.1, 0.15) is 47.7 Å². The lowest BCUT2D eigenvalue weighted by Gasteiger charge is -2.15. The number of hydrogen-bond donors (Lipinski definition) is 1. The molecule has 7 heteroatoms. The number of fused-ring (bicyclic) bond motifs is 1. The Hall–Kier alpha value is -3.35. The number of carbonyl (C=O) groups excluding carboxylic acids is 3. The van der Waals surface area contributed by atoms with Crippen LogP contribution in [0, 0.1) is 0 Å². The number of carbonyl (C=O) groups is 3. The van der Waals surface area contributed by atoms with Crippen molar-refractivity contribution in [1.29, 1.82) is 0 Å². The van der Waals surface area contributed by atoms with Crippen LogP contribution in [-0.4, -0.2) is 38.0 Å². The largest absolute Gasteiger partial charge is 0.493 e. The number of amides is 1. The second kappa shape index (κ2) is 10.1. The molecule has 0 saturated carbocycles. The van der Waals surface area contributed by atoms with Crippen molar-refractivity contribution < 1.29 is 28.6 Å². The molecule has 0 unspecified atom stereocenters. The lowest BCUT2D eigenvalue weighted by atomic mass is 10.0. The molecule has 0 fully saturated rings. The summed E-state index contributed by atoms with van der Waals surface area (Å²) in [4.78, 5) is 36.9. The summed E-state index contributed by atoms with van der Waals surface area (Å²) in [7, 11) is 3.02. The van der Waals surface area contributed by atoms with E-state index >= 15 is 0 Å². The third-order valence-corrected chi connectivity index (χ3v) is 5.31. The molecule has 2 aromatic carbocycles. The van der Waals surface area contributed by atoms with Crippen LogP contribution in [0.5, 0.6) is 11.5 Å². The molecule has 1 aliphatic carbocycles. The van der Waals surface area contributed by atoms with Crippen LogP contribution in [0.15, 0.2) is 36.4 Å². The number of ketones is 1. The van der Waals surface area contributed by atoms with Gasteiger partial charge in [0.05, 0.1) is 20.6 Å². The minimum atomic E-state index is -1.00. The summed E-state index contributed by atoms with van der Waals surface area (Å²) in [6.45, 7) is 1.48. The lowest BCUT2D eigenvalue weighted by Crippen LogP contribution is -2.30. The van der Waals surface area contributed by atoms with Gasteiger partial charge < -0.3 is 19.5 Å². The van der Waals surface area contributed by atoms with Gasteiger partial charge in [0.2, 0.25) is 0 Å². The highest BCUT2D eigenvalue weighted by Gasteiger charge is 2.20. The topological polar surface area (TPSA) is 90.9 Å². The van der Waals surface area contributed by atoms with Crippen LogP contribution < -0.4 is 14.8 Å². The van der Waals surface area contributed by atoms with Gasteiger partial charge in [-0.25, -0.2) is 0 Å². The third kappa shape index (κ3) is 5.63. The summed E-state index contributed by atoms with van der Waals surface area (Å²) in [6.07, 6.45) is 2.12. The summed E-state index contributed by atoms with van der Waals surface area (Å²) in [5, 5.41) is 2.67. The Morgan fingerprint density at radius 2 is 1.68 bits per heavy atom. The number of benzene rings is 2. The quantitative estimate of drug-likeness (QED) is 0.486. The van der Waals surface area contributed by atoms with Crippen molar-refractivity contribution in [3.05, 3.63) is 53.1 Å². The van der Waals surface area contributed by atoms with Crippen LogP contribution in [0.2, 0.25) is 0 Å². The summed E-state index contributed by atoms with van der Waals surface area (Å²) in [5.74, 6) is -0.174. The zero-order valence-corrected chi connectivity index (χ0v) is 18.0. The first-order valence-electron chi connectivity index (χ1n) is 10.3. The number of aryl methyl sites for hydroxylation is 2. The SMILES string of the molecule is COc1ccc(NC(=O)[C@@H](C)OC(=O)CCC(=O)c2ccc3c(c2)CCC3)cc1OC. The lowest BCUT2D eigenvalue weighted by molar-refractivity contribution is -0.153. The molecule has 0 aromatic heterocycles.